The second-order valence-corrected chi connectivity index (χ2v) is 9.95. The molecule has 0 spiro atoms. The molecule has 0 radical (unpaired) electrons. The van der Waals surface area contributed by atoms with Crippen molar-refractivity contribution in [2.24, 2.45) is 0 Å². The molecule has 186 valence electrons. The summed E-state index contributed by atoms with van der Waals surface area (Å²) in [7, 11) is 0. The summed E-state index contributed by atoms with van der Waals surface area (Å²) in [6.07, 6.45) is 0. The van der Waals surface area contributed by atoms with Gasteiger partial charge in [-0.15, -0.1) is 0 Å². The van der Waals surface area contributed by atoms with Gasteiger partial charge in [0.05, 0.1) is 11.0 Å². The molecule has 0 bridgehead atoms. The van der Waals surface area contributed by atoms with E-state index in [0.29, 0.717) is 22.3 Å². The van der Waals surface area contributed by atoms with Gasteiger partial charge in [-0.3, -0.25) is 0 Å². The Morgan fingerprint density at radius 2 is 0.725 bits per heavy atom. The fourth-order valence-electron chi connectivity index (χ4n) is 5.76. The lowest BCUT2D eigenvalue weighted by molar-refractivity contribution is 1.64. The highest BCUT2D eigenvalue weighted by Gasteiger charge is 2.17. The van der Waals surface area contributed by atoms with Crippen LogP contribution in [0, 0.1) is 0 Å². The molecule has 0 N–H and O–H groups in total. The maximum Gasteiger partial charge on any atom is 0.0629 e. The van der Waals surface area contributed by atoms with Gasteiger partial charge in [-0.2, -0.15) is 0 Å². The number of hydrogen-bond acceptors (Lipinski definition) is 0. The van der Waals surface area contributed by atoms with E-state index in [1.165, 1.54) is 0 Å². The zero-order chi connectivity index (χ0) is 33.4. The first kappa shape index (κ1) is 16.0. The van der Waals surface area contributed by atoms with Crippen LogP contribution in [0.2, 0.25) is 0 Å². The van der Waals surface area contributed by atoms with E-state index in [4.69, 9.17) is 5.48 Å². The maximum atomic E-state index is 9.21. The minimum absolute atomic E-state index is 0.210. The smallest absolute Gasteiger partial charge is 0.0622 e. The second kappa shape index (κ2) is 9.22. The summed E-state index contributed by atoms with van der Waals surface area (Å²) < 4.78 is 71.5. The van der Waals surface area contributed by atoms with Crippen LogP contribution in [-0.4, -0.2) is 0 Å². The van der Waals surface area contributed by atoms with E-state index >= 15 is 0 Å². The van der Waals surface area contributed by atoms with Crippen molar-refractivity contribution in [1.29, 1.82) is 0 Å². The molecule has 0 saturated carbocycles. The van der Waals surface area contributed by atoms with Gasteiger partial charge in [-0.1, -0.05) is 139 Å². The molecule has 0 aliphatic rings. The molecule has 0 fully saturated rings. The van der Waals surface area contributed by atoms with E-state index in [2.05, 4.69) is 6.07 Å². The van der Waals surface area contributed by atoms with Crippen molar-refractivity contribution in [3.05, 3.63) is 158 Å². The quantitative estimate of drug-likeness (QED) is 0.206. The SMILES string of the molecule is [2H]c1c([2H])c([2H])c2c(-c3ccc4cc(-c5ccccc5)ccc4c3)c3c([2H])c([2H])c([2H])c([2H])c3c(-c3ccc4ccccc4c3)c2c1[2H]. The Morgan fingerprint density at radius 3 is 1.27 bits per heavy atom. The first-order valence-electron chi connectivity index (χ1n) is 17.2. The molecule has 8 rings (SSSR count). The van der Waals surface area contributed by atoms with Crippen molar-refractivity contribution in [2.45, 2.75) is 0 Å². The molecule has 0 aliphatic carbocycles. The number of rotatable bonds is 3. The first-order chi connectivity index (χ1) is 23.2. The lowest BCUT2D eigenvalue weighted by atomic mass is 9.85. The average molecular weight is 515 g/mol. The van der Waals surface area contributed by atoms with Gasteiger partial charge >= 0.3 is 0 Å². The fraction of sp³-hybridized carbons (Fsp3) is 0. The summed E-state index contributed by atoms with van der Waals surface area (Å²) in [5.41, 5.74) is 4.01. The van der Waals surface area contributed by atoms with Crippen LogP contribution >= 0.6 is 0 Å². The van der Waals surface area contributed by atoms with Crippen LogP contribution in [0.5, 0.6) is 0 Å². The molecule has 0 unspecified atom stereocenters. The normalized spacial score (nSPS) is 14.3. The Bertz CT molecular complexity index is 2560. The third-order valence-electron chi connectivity index (χ3n) is 7.65. The molecule has 8 aromatic carbocycles. The van der Waals surface area contributed by atoms with E-state index in [9.17, 15) is 5.48 Å². The van der Waals surface area contributed by atoms with Crippen molar-refractivity contribution in [3.8, 4) is 33.4 Å². The van der Waals surface area contributed by atoms with Gasteiger partial charge in [0.25, 0.3) is 0 Å². The van der Waals surface area contributed by atoms with Crippen LogP contribution in [0.1, 0.15) is 11.0 Å². The topological polar surface area (TPSA) is 0 Å². The molecule has 40 heavy (non-hydrogen) atoms. The monoisotopic (exact) mass is 514 g/mol. The summed E-state index contributed by atoms with van der Waals surface area (Å²) in [5, 5.41) is 4.56. The molecule has 0 aromatic heterocycles. The summed E-state index contributed by atoms with van der Waals surface area (Å²) in [6.45, 7) is 0. The zero-order valence-corrected chi connectivity index (χ0v) is 21.4. The van der Waals surface area contributed by atoms with Crippen molar-refractivity contribution < 1.29 is 11.0 Å². The van der Waals surface area contributed by atoms with Gasteiger partial charge in [-0.05, 0) is 94.7 Å². The van der Waals surface area contributed by atoms with Gasteiger partial charge in [0, 0.05) is 0 Å². The number of fused-ring (bicyclic) bond motifs is 4. The molecule has 0 saturated heterocycles. The Morgan fingerprint density at radius 1 is 0.325 bits per heavy atom. The van der Waals surface area contributed by atoms with Crippen LogP contribution in [0.15, 0.2) is 158 Å². The predicted molar refractivity (Wildman–Crippen MR) is 173 cm³/mol. The minimum Gasteiger partial charge on any atom is -0.0622 e. The van der Waals surface area contributed by atoms with E-state index in [-0.39, 0.29) is 45.7 Å². The van der Waals surface area contributed by atoms with E-state index in [1.807, 2.05) is 103 Å². The predicted octanol–water partition coefficient (Wildman–Crippen LogP) is 11.3. The highest BCUT2D eigenvalue weighted by atomic mass is 14.2. The number of benzene rings is 8. The lowest BCUT2D eigenvalue weighted by Gasteiger charge is -2.18. The molecule has 8 aromatic rings. The summed E-state index contributed by atoms with van der Waals surface area (Å²) >= 11 is 0. The number of hydrogen-bond donors (Lipinski definition) is 0. The highest BCUT2D eigenvalue weighted by molar-refractivity contribution is 6.22. The van der Waals surface area contributed by atoms with Gasteiger partial charge < -0.3 is 0 Å². The van der Waals surface area contributed by atoms with Crippen LogP contribution in [-0.2, 0) is 0 Å². The largest absolute Gasteiger partial charge is 0.0629 e. The molecule has 0 atom stereocenters. The second-order valence-electron chi connectivity index (χ2n) is 9.95. The summed E-state index contributed by atoms with van der Waals surface area (Å²) in [4.78, 5) is 0. The van der Waals surface area contributed by atoms with E-state index < -0.39 is 24.2 Å². The molecular formula is C40H26. The van der Waals surface area contributed by atoms with Crippen LogP contribution in [0.25, 0.3) is 76.5 Å². The summed E-state index contributed by atoms with van der Waals surface area (Å²) in [6, 6.07) is 32.6. The maximum absolute atomic E-state index is 9.21. The Labute approximate surface area is 245 Å². The molecule has 0 heterocycles. The Hall–Kier alpha value is -5.20. The lowest BCUT2D eigenvalue weighted by Crippen LogP contribution is -1.91. The standard InChI is InChI=1S/C40H26/c1-2-10-27(11-3-1)30-19-20-32-26-34(23-21-31(32)24-30)40-37-16-8-6-14-35(37)39(36-15-7-9-17-38(36)40)33-22-18-28-12-4-5-13-29(28)25-33/h1-26H/i6D,7D,8D,9D,14D,15D,16D,17D. The van der Waals surface area contributed by atoms with Crippen LogP contribution < -0.4 is 0 Å². The van der Waals surface area contributed by atoms with Gasteiger partial charge in [0.2, 0.25) is 0 Å². The first-order valence-corrected chi connectivity index (χ1v) is 13.2. The van der Waals surface area contributed by atoms with E-state index in [1.54, 1.807) is 0 Å². The average Bonchev–Trinajstić information content (AvgIpc) is 3.13. The summed E-state index contributed by atoms with van der Waals surface area (Å²) in [5.74, 6) is 0. The van der Waals surface area contributed by atoms with Crippen molar-refractivity contribution in [2.75, 3.05) is 0 Å². The fourth-order valence-corrected chi connectivity index (χ4v) is 5.76. The van der Waals surface area contributed by atoms with Crippen LogP contribution in [0.3, 0.4) is 0 Å². The Balaban J connectivity index is 1.55. The molecule has 0 heteroatoms. The van der Waals surface area contributed by atoms with Crippen LogP contribution in [0.4, 0.5) is 0 Å². The molecular weight excluding hydrogens is 480 g/mol. The van der Waals surface area contributed by atoms with Gasteiger partial charge in [0.1, 0.15) is 0 Å². The van der Waals surface area contributed by atoms with Gasteiger partial charge in [0.15, 0.2) is 0 Å². The van der Waals surface area contributed by atoms with Crippen molar-refractivity contribution in [1.82, 2.24) is 0 Å². The molecule has 0 aliphatic heterocycles. The van der Waals surface area contributed by atoms with Crippen molar-refractivity contribution in [3.63, 3.8) is 0 Å². The third kappa shape index (κ3) is 3.69. The Kier molecular flexibility index (Phi) is 3.70. The van der Waals surface area contributed by atoms with Gasteiger partial charge in [-0.25, -0.2) is 0 Å². The minimum atomic E-state index is -0.410. The molecule has 0 amide bonds. The zero-order valence-electron chi connectivity index (χ0n) is 29.4. The third-order valence-corrected chi connectivity index (χ3v) is 7.65. The molecule has 0 nitrogen and oxygen atoms in total. The van der Waals surface area contributed by atoms with Crippen molar-refractivity contribution >= 4 is 43.1 Å². The highest BCUT2D eigenvalue weighted by Crippen LogP contribution is 2.44. The van der Waals surface area contributed by atoms with E-state index in [0.717, 1.165) is 32.7 Å².